The Morgan fingerprint density at radius 1 is 1.31 bits per heavy atom. The molecule has 0 atom stereocenters. The second kappa shape index (κ2) is 5.08. The molecule has 0 aliphatic heterocycles. The lowest BCUT2D eigenvalue weighted by molar-refractivity contribution is -0.137. The number of nitrogens with zero attached hydrogens (tertiary/aromatic N) is 1. The normalized spacial score (nSPS) is 12.3. The Balaban J connectivity index is 2.78. The lowest BCUT2D eigenvalue weighted by Crippen LogP contribution is -2.03. The highest BCUT2D eigenvalue weighted by molar-refractivity contribution is 8.02. The molecule has 1 aromatic carbocycles. The Kier molecular flexibility index (Phi) is 4.02. The summed E-state index contributed by atoms with van der Waals surface area (Å²) >= 11 is 1.22. The minimum atomic E-state index is -4.30. The summed E-state index contributed by atoms with van der Waals surface area (Å²) in [6.07, 6.45) is -4.30. The van der Waals surface area contributed by atoms with Crippen LogP contribution < -0.4 is 0 Å². The smallest absolute Gasteiger partial charge is 0.193 e. The van der Waals surface area contributed by atoms with E-state index in [9.17, 15) is 13.2 Å². The molecule has 5 heteroatoms. The predicted molar refractivity (Wildman–Crippen MR) is 56.7 cm³/mol. The molecule has 0 saturated heterocycles. The van der Waals surface area contributed by atoms with Crippen molar-refractivity contribution in [3.05, 3.63) is 40.8 Å². The van der Waals surface area contributed by atoms with Crippen molar-refractivity contribution in [2.45, 2.75) is 18.0 Å². The van der Waals surface area contributed by atoms with Gasteiger partial charge in [-0.25, -0.2) is 0 Å². The van der Waals surface area contributed by atoms with E-state index in [0.717, 1.165) is 12.1 Å². The van der Waals surface area contributed by atoms with Crippen molar-refractivity contribution in [2.24, 2.45) is 0 Å². The topological polar surface area (TPSA) is 23.8 Å². The summed E-state index contributed by atoms with van der Waals surface area (Å²) in [6.45, 7) is 1.64. The molecule has 0 N–H and O–H groups in total. The summed E-state index contributed by atoms with van der Waals surface area (Å²) in [4.78, 5) is 0.669. The number of hydrogen-bond donors (Lipinski definition) is 0. The van der Waals surface area contributed by atoms with Crippen molar-refractivity contribution < 1.29 is 13.2 Å². The van der Waals surface area contributed by atoms with Gasteiger partial charge >= 0.3 is 6.18 Å². The molecule has 0 aromatic heterocycles. The number of benzene rings is 1. The summed E-state index contributed by atoms with van der Waals surface area (Å²) in [7, 11) is 0. The molecule has 0 aliphatic carbocycles. The maximum atomic E-state index is 12.2. The standard InChI is InChI=1S/C11H8F3NS/c1-8(6-15)7-16-10-4-2-9(3-5-10)11(12,13)14/h2-5,7H,1H3. The molecule has 0 radical (unpaired) electrons. The first kappa shape index (κ1) is 12.7. The van der Waals surface area contributed by atoms with Crippen LogP contribution in [-0.2, 0) is 6.18 Å². The monoisotopic (exact) mass is 243 g/mol. The third-order valence-electron chi connectivity index (χ3n) is 1.73. The highest BCUT2D eigenvalue weighted by Crippen LogP contribution is 2.31. The van der Waals surface area contributed by atoms with E-state index in [0.29, 0.717) is 10.5 Å². The molecule has 0 saturated carbocycles. The molecule has 0 unspecified atom stereocenters. The summed E-state index contributed by atoms with van der Waals surface area (Å²) in [5, 5.41) is 10.1. The highest BCUT2D eigenvalue weighted by Gasteiger charge is 2.29. The van der Waals surface area contributed by atoms with Gasteiger partial charge in [-0.15, -0.1) is 0 Å². The van der Waals surface area contributed by atoms with Crippen LogP contribution in [0.2, 0.25) is 0 Å². The van der Waals surface area contributed by atoms with Crippen LogP contribution >= 0.6 is 11.8 Å². The average Bonchev–Trinajstić information content (AvgIpc) is 2.25. The second-order valence-electron chi connectivity index (χ2n) is 3.05. The molecule has 0 heterocycles. The number of allylic oxidation sites excluding steroid dienone is 1. The Morgan fingerprint density at radius 3 is 2.31 bits per heavy atom. The summed E-state index contributed by atoms with van der Waals surface area (Å²) in [5.74, 6) is 0. The van der Waals surface area contributed by atoms with Crippen LogP contribution in [0.25, 0.3) is 0 Å². The molecule has 1 nitrogen and oxygen atoms in total. The summed E-state index contributed by atoms with van der Waals surface area (Å²) in [5.41, 5.74) is -0.150. The van der Waals surface area contributed by atoms with E-state index in [-0.39, 0.29) is 0 Å². The van der Waals surface area contributed by atoms with Crippen molar-refractivity contribution in [3.63, 3.8) is 0 Å². The minimum absolute atomic E-state index is 0.518. The number of nitriles is 1. The van der Waals surface area contributed by atoms with Gasteiger partial charge in [0.15, 0.2) is 0 Å². The van der Waals surface area contributed by atoms with E-state index in [1.165, 1.54) is 23.9 Å². The van der Waals surface area contributed by atoms with Gasteiger partial charge in [0, 0.05) is 10.5 Å². The molecular formula is C11H8F3NS. The number of hydrogen-bond acceptors (Lipinski definition) is 2. The fourth-order valence-corrected chi connectivity index (χ4v) is 1.56. The van der Waals surface area contributed by atoms with Gasteiger partial charge in [-0.05, 0) is 36.6 Å². The number of thioether (sulfide) groups is 1. The van der Waals surface area contributed by atoms with Crippen molar-refractivity contribution >= 4 is 11.8 Å². The van der Waals surface area contributed by atoms with Crippen LogP contribution in [-0.4, -0.2) is 0 Å². The predicted octanol–water partition coefficient (Wildman–Crippen LogP) is 4.22. The van der Waals surface area contributed by atoms with Crippen molar-refractivity contribution in [2.75, 3.05) is 0 Å². The van der Waals surface area contributed by atoms with Crippen LogP contribution in [0, 0.1) is 11.3 Å². The molecular weight excluding hydrogens is 235 g/mol. The maximum absolute atomic E-state index is 12.2. The minimum Gasteiger partial charge on any atom is -0.193 e. The van der Waals surface area contributed by atoms with Crippen LogP contribution in [0.5, 0.6) is 0 Å². The molecule has 84 valence electrons. The van der Waals surface area contributed by atoms with E-state index in [1.54, 1.807) is 12.3 Å². The zero-order valence-corrected chi connectivity index (χ0v) is 9.19. The largest absolute Gasteiger partial charge is 0.416 e. The average molecular weight is 243 g/mol. The quantitative estimate of drug-likeness (QED) is 0.573. The van der Waals surface area contributed by atoms with E-state index in [1.807, 2.05) is 6.07 Å². The van der Waals surface area contributed by atoms with Gasteiger partial charge in [0.1, 0.15) is 0 Å². The lowest BCUT2D eigenvalue weighted by Gasteiger charge is -2.06. The third kappa shape index (κ3) is 3.63. The molecule has 0 aliphatic rings. The molecule has 0 spiro atoms. The van der Waals surface area contributed by atoms with Crippen molar-refractivity contribution in [1.82, 2.24) is 0 Å². The SMILES string of the molecule is CC(C#N)=CSc1ccc(C(F)(F)F)cc1. The fourth-order valence-electron chi connectivity index (χ4n) is 0.905. The van der Waals surface area contributed by atoms with Crippen LogP contribution in [0.3, 0.4) is 0 Å². The Labute approximate surface area is 95.6 Å². The van der Waals surface area contributed by atoms with E-state index >= 15 is 0 Å². The summed E-state index contributed by atoms with van der Waals surface area (Å²) < 4.78 is 36.7. The van der Waals surface area contributed by atoms with Gasteiger partial charge in [-0.2, -0.15) is 18.4 Å². The first-order valence-corrected chi connectivity index (χ1v) is 5.22. The first-order chi connectivity index (χ1) is 7.43. The van der Waals surface area contributed by atoms with Crippen molar-refractivity contribution in [1.29, 1.82) is 5.26 Å². The molecule has 0 bridgehead atoms. The van der Waals surface area contributed by atoms with E-state index in [2.05, 4.69) is 0 Å². The van der Waals surface area contributed by atoms with Crippen LogP contribution in [0.15, 0.2) is 40.1 Å². The zero-order valence-electron chi connectivity index (χ0n) is 8.38. The van der Waals surface area contributed by atoms with Crippen molar-refractivity contribution in [3.8, 4) is 6.07 Å². The molecule has 1 rings (SSSR count). The fraction of sp³-hybridized carbons (Fsp3) is 0.182. The number of halogens is 3. The maximum Gasteiger partial charge on any atom is 0.416 e. The second-order valence-corrected chi connectivity index (χ2v) is 4.00. The van der Waals surface area contributed by atoms with Gasteiger partial charge < -0.3 is 0 Å². The molecule has 16 heavy (non-hydrogen) atoms. The van der Waals surface area contributed by atoms with Crippen LogP contribution in [0.4, 0.5) is 13.2 Å². The van der Waals surface area contributed by atoms with Gasteiger partial charge in [0.05, 0.1) is 11.6 Å². The van der Waals surface area contributed by atoms with Gasteiger partial charge in [0.25, 0.3) is 0 Å². The molecule has 1 aromatic rings. The zero-order chi connectivity index (χ0) is 12.2. The van der Waals surface area contributed by atoms with E-state index in [4.69, 9.17) is 5.26 Å². The van der Waals surface area contributed by atoms with Gasteiger partial charge in [-0.3, -0.25) is 0 Å². The molecule has 0 amide bonds. The van der Waals surface area contributed by atoms with Crippen LogP contribution in [0.1, 0.15) is 12.5 Å². The van der Waals surface area contributed by atoms with Gasteiger partial charge in [-0.1, -0.05) is 11.8 Å². The van der Waals surface area contributed by atoms with E-state index < -0.39 is 11.7 Å². The Morgan fingerprint density at radius 2 is 1.88 bits per heavy atom. The Bertz CT molecular complexity index is 426. The highest BCUT2D eigenvalue weighted by atomic mass is 32.2. The lowest BCUT2D eigenvalue weighted by atomic mass is 10.2. The van der Waals surface area contributed by atoms with Gasteiger partial charge in [0.2, 0.25) is 0 Å². The Hall–Kier alpha value is -1.41. The summed E-state index contributed by atoms with van der Waals surface area (Å²) in [6, 6.07) is 6.75. The molecule has 0 fully saturated rings. The first-order valence-electron chi connectivity index (χ1n) is 4.34. The number of rotatable bonds is 2. The third-order valence-corrected chi connectivity index (χ3v) is 2.75. The number of alkyl halides is 3.